The minimum absolute atomic E-state index is 0.370. The van der Waals surface area contributed by atoms with E-state index in [0.717, 1.165) is 38.1 Å². The first kappa shape index (κ1) is 15.9. The molecule has 0 heterocycles. The first-order valence-electron chi connectivity index (χ1n) is 7.29. The highest BCUT2D eigenvalue weighted by atomic mass is 16.5. The molecule has 0 aromatic carbocycles. The molecule has 2 N–H and O–H groups in total. The minimum atomic E-state index is -0.506. The van der Waals surface area contributed by atoms with Gasteiger partial charge in [-0.3, -0.25) is 0 Å². The van der Waals surface area contributed by atoms with Gasteiger partial charge in [-0.15, -0.1) is 0 Å². The van der Waals surface area contributed by atoms with Gasteiger partial charge in [0.25, 0.3) is 0 Å². The van der Waals surface area contributed by atoms with Gasteiger partial charge >= 0.3 is 0 Å². The van der Waals surface area contributed by atoms with Crippen molar-refractivity contribution >= 4 is 0 Å². The van der Waals surface area contributed by atoms with E-state index in [9.17, 15) is 5.11 Å². The molecule has 18 heavy (non-hydrogen) atoms. The third-order valence-electron chi connectivity index (χ3n) is 4.31. The van der Waals surface area contributed by atoms with Crippen molar-refractivity contribution < 1.29 is 9.84 Å². The lowest BCUT2D eigenvalue weighted by Crippen LogP contribution is -2.41. The highest BCUT2D eigenvalue weighted by molar-refractivity contribution is 4.88. The summed E-state index contributed by atoms with van der Waals surface area (Å²) in [6.45, 7) is 9.19. The summed E-state index contributed by atoms with van der Waals surface area (Å²) in [5.74, 6) is 0.741. The predicted molar refractivity (Wildman–Crippen MR) is 75.7 cm³/mol. The SMILES string of the molecule is COCCNCC1(O)CCCC(C(C)(C)C)CC1. The van der Waals surface area contributed by atoms with Crippen LogP contribution in [-0.2, 0) is 4.74 Å². The molecule has 0 spiro atoms. The molecule has 0 radical (unpaired) electrons. The smallest absolute Gasteiger partial charge is 0.0771 e. The summed E-state index contributed by atoms with van der Waals surface area (Å²) in [5, 5.41) is 13.9. The Kier molecular flexibility index (Phi) is 6.09. The first-order chi connectivity index (χ1) is 8.37. The largest absolute Gasteiger partial charge is 0.389 e. The van der Waals surface area contributed by atoms with Crippen LogP contribution in [0, 0.1) is 11.3 Å². The van der Waals surface area contributed by atoms with Crippen molar-refractivity contribution in [3.8, 4) is 0 Å². The van der Waals surface area contributed by atoms with E-state index in [1.807, 2.05) is 0 Å². The van der Waals surface area contributed by atoms with Crippen molar-refractivity contribution in [1.29, 1.82) is 0 Å². The van der Waals surface area contributed by atoms with E-state index in [1.165, 1.54) is 6.42 Å². The van der Waals surface area contributed by atoms with Crippen molar-refractivity contribution in [2.45, 2.75) is 58.5 Å². The van der Waals surface area contributed by atoms with Crippen LogP contribution in [0.3, 0.4) is 0 Å². The van der Waals surface area contributed by atoms with Gasteiger partial charge in [-0.1, -0.05) is 27.2 Å². The Morgan fingerprint density at radius 1 is 1.28 bits per heavy atom. The minimum Gasteiger partial charge on any atom is -0.389 e. The predicted octanol–water partition coefficient (Wildman–Crippen LogP) is 2.58. The molecule has 0 aliphatic heterocycles. The summed E-state index contributed by atoms with van der Waals surface area (Å²) < 4.78 is 5.01. The second-order valence-corrected chi connectivity index (χ2v) is 6.89. The quantitative estimate of drug-likeness (QED) is 0.587. The molecule has 1 aliphatic rings. The van der Waals surface area contributed by atoms with Crippen molar-refractivity contribution in [2.24, 2.45) is 11.3 Å². The van der Waals surface area contributed by atoms with Crippen LogP contribution in [0.1, 0.15) is 52.9 Å². The van der Waals surface area contributed by atoms with Crippen LogP contribution in [-0.4, -0.2) is 37.5 Å². The Hall–Kier alpha value is -0.120. The second-order valence-electron chi connectivity index (χ2n) is 6.89. The molecule has 0 aromatic rings. The van der Waals surface area contributed by atoms with Crippen LogP contribution >= 0.6 is 0 Å². The summed E-state index contributed by atoms with van der Waals surface area (Å²) in [6, 6.07) is 0. The van der Waals surface area contributed by atoms with Crippen molar-refractivity contribution in [3.63, 3.8) is 0 Å². The Bertz CT molecular complexity index is 237. The van der Waals surface area contributed by atoms with E-state index in [-0.39, 0.29) is 0 Å². The fourth-order valence-electron chi connectivity index (χ4n) is 2.93. The average molecular weight is 257 g/mol. The number of methoxy groups -OCH3 is 1. The molecular formula is C15H31NO2. The van der Waals surface area contributed by atoms with E-state index in [1.54, 1.807) is 7.11 Å². The average Bonchev–Trinajstić information content (AvgIpc) is 2.47. The second kappa shape index (κ2) is 6.88. The topological polar surface area (TPSA) is 41.5 Å². The molecule has 1 saturated carbocycles. The van der Waals surface area contributed by atoms with E-state index in [2.05, 4.69) is 26.1 Å². The van der Waals surface area contributed by atoms with Crippen molar-refractivity contribution in [1.82, 2.24) is 5.32 Å². The van der Waals surface area contributed by atoms with Crippen molar-refractivity contribution in [2.75, 3.05) is 26.8 Å². The van der Waals surface area contributed by atoms with Gasteiger partial charge in [0.05, 0.1) is 12.2 Å². The Balaban J connectivity index is 2.39. The summed E-state index contributed by atoms with van der Waals surface area (Å²) in [7, 11) is 1.70. The van der Waals surface area contributed by atoms with Crippen LogP contribution < -0.4 is 5.32 Å². The van der Waals surface area contributed by atoms with Gasteiger partial charge in [-0.2, -0.15) is 0 Å². The number of ether oxygens (including phenoxy) is 1. The molecule has 3 heteroatoms. The Morgan fingerprint density at radius 3 is 2.61 bits per heavy atom. The molecule has 1 rings (SSSR count). The van der Waals surface area contributed by atoms with Gasteiger partial charge < -0.3 is 15.2 Å². The first-order valence-corrected chi connectivity index (χ1v) is 7.29. The lowest BCUT2D eigenvalue weighted by atomic mass is 9.76. The summed E-state index contributed by atoms with van der Waals surface area (Å²) >= 11 is 0. The monoisotopic (exact) mass is 257 g/mol. The van der Waals surface area contributed by atoms with Crippen LogP contribution in [0.2, 0.25) is 0 Å². The Labute approximate surface area is 112 Å². The number of rotatable bonds is 5. The molecule has 108 valence electrons. The molecule has 0 amide bonds. The van der Waals surface area contributed by atoms with Crippen LogP contribution in [0.5, 0.6) is 0 Å². The van der Waals surface area contributed by atoms with Gasteiger partial charge in [0.2, 0.25) is 0 Å². The molecule has 0 aromatic heterocycles. The maximum atomic E-state index is 10.6. The molecule has 2 atom stereocenters. The molecular weight excluding hydrogens is 226 g/mol. The highest BCUT2D eigenvalue weighted by Crippen LogP contribution is 2.39. The zero-order valence-corrected chi connectivity index (χ0v) is 12.6. The van der Waals surface area contributed by atoms with Gasteiger partial charge in [-0.05, 0) is 37.0 Å². The zero-order valence-electron chi connectivity index (χ0n) is 12.6. The van der Waals surface area contributed by atoms with Crippen LogP contribution in [0.4, 0.5) is 0 Å². The molecule has 3 nitrogen and oxygen atoms in total. The van der Waals surface area contributed by atoms with E-state index < -0.39 is 5.60 Å². The van der Waals surface area contributed by atoms with Crippen molar-refractivity contribution in [3.05, 3.63) is 0 Å². The number of aliphatic hydroxyl groups is 1. The van der Waals surface area contributed by atoms with Gasteiger partial charge in [-0.25, -0.2) is 0 Å². The lowest BCUT2D eigenvalue weighted by Gasteiger charge is -2.31. The maximum Gasteiger partial charge on any atom is 0.0771 e. The standard InChI is InChI=1S/C15H31NO2/c1-14(2,3)13-6-5-8-15(17,9-7-13)12-16-10-11-18-4/h13,16-17H,5-12H2,1-4H3. The number of hydrogen-bond donors (Lipinski definition) is 2. The Morgan fingerprint density at radius 2 is 2.00 bits per heavy atom. The van der Waals surface area contributed by atoms with Gasteiger partial charge in [0, 0.05) is 20.2 Å². The highest BCUT2D eigenvalue weighted by Gasteiger charge is 2.34. The third kappa shape index (κ3) is 5.25. The number of nitrogens with one attached hydrogen (secondary N) is 1. The summed E-state index contributed by atoms with van der Waals surface area (Å²) in [6.07, 6.45) is 5.40. The summed E-state index contributed by atoms with van der Waals surface area (Å²) in [5.41, 5.74) is -0.136. The van der Waals surface area contributed by atoms with Crippen LogP contribution in [0.25, 0.3) is 0 Å². The van der Waals surface area contributed by atoms with Crippen LogP contribution in [0.15, 0.2) is 0 Å². The molecule has 0 bridgehead atoms. The van der Waals surface area contributed by atoms with Gasteiger partial charge in [0.15, 0.2) is 0 Å². The normalized spacial score (nSPS) is 30.2. The summed E-state index contributed by atoms with van der Waals surface area (Å²) in [4.78, 5) is 0. The third-order valence-corrected chi connectivity index (χ3v) is 4.31. The molecule has 1 fully saturated rings. The fourth-order valence-corrected chi connectivity index (χ4v) is 2.93. The molecule has 0 saturated heterocycles. The molecule has 2 unspecified atom stereocenters. The van der Waals surface area contributed by atoms with E-state index >= 15 is 0 Å². The van der Waals surface area contributed by atoms with Gasteiger partial charge in [0.1, 0.15) is 0 Å². The number of hydrogen-bond acceptors (Lipinski definition) is 3. The van der Waals surface area contributed by atoms with E-state index in [4.69, 9.17) is 4.74 Å². The molecule has 1 aliphatic carbocycles. The zero-order chi connectivity index (χ0) is 13.6. The maximum absolute atomic E-state index is 10.6. The fraction of sp³-hybridized carbons (Fsp3) is 1.00. The van der Waals surface area contributed by atoms with E-state index in [0.29, 0.717) is 18.6 Å². The lowest BCUT2D eigenvalue weighted by molar-refractivity contribution is 0.0214.